The molecule has 0 radical (unpaired) electrons. The van der Waals surface area contributed by atoms with Crippen LogP contribution < -0.4 is 11.3 Å². The lowest BCUT2D eigenvalue weighted by Gasteiger charge is -2.19. The van der Waals surface area contributed by atoms with E-state index in [9.17, 15) is 4.39 Å². The molecular weight excluding hydrogens is 354 g/mol. The maximum Gasteiger partial charge on any atom is 0.129 e. The van der Waals surface area contributed by atoms with Crippen LogP contribution in [0.15, 0.2) is 40.9 Å². The lowest BCUT2D eigenvalue weighted by molar-refractivity contribution is 0.559. The number of hydrogen-bond donors (Lipinski definition) is 2. The topological polar surface area (TPSA) is 38.0 Å². The maximum atomic E-state index is 14.0. The molecule has 0 fully saturated rings. The van der Waals surface area contributed by atoms with E-state index >= 15 is 0 Å². The van der Waals surface area contributed by atoms with Crippen LogP contribution in [0.25, 0.3) is 0 Å². The quantitative estimate of drug-likeness (QED) is 0.624. The number of benzene rings is 2. The Labute approximate surface area is 128 Å². The highest BCUT2D eigenvalue weighted by Crippen LogP contribution is 2.32. The van der Waals surface area contributed by atoms with Gasteiger partial charge in [-0.3, -0.25) is 5.84 Å². The number of halogens is 4. The van der Waals surface area contributed by atoms with E-state index in [2.05, 4.69) is 21.4 Å². The summed E-state index contributed by atoms with van der Waals surface area (Å²) in [6.45, 7) is 0. The SMILES string of the molecule is NNC(c1ccc(Cl)cc1F)c1cc(Cl)ccc1Br. The molecule has 0 saturated heterocycles. The van der Waals surface area contributed by atoms with E-state index in [0.717, 1.165) is 10.0 Å². The molecule has 1 atom stereocenters. The van der Waals surface area contributed by atoms with Gasteiger partial charge in [-0.05, 0) is 35.9 Å². The van der Waals surface area contributed by atoms with E-state index in [0.29, 0.717) is 15.6 Å². The molecule has 2 nitrogen and oxygen atoms in total. The van der Waals surface area contributed by atoms with Gasteiger partial charge in [0.2, 0.25) is 0 Å². The first-order valence-corrected chi connectivity index (χ1v) is 6.94. The van der Waals surface area contributed by atoms with Gasteiger partial charge in [0.15, 0.2) is 0 Å². The Bertz CT molecular complexity index is 607. The van der Waals surface area contributed by atoms with Crippen LogP contribution in [0.5, 0.6) is 0 Å². The van der Waals surface area contributed by atoms with Crippen molar-refractivity contribution in [1.82, 2.24) is 5.43 Å². The Kier molecular flexibility index (Phi) is 4.81. The predicted molar refractivity (Wildman–Crippen MR) is 79.7 cm³/mol. The third kappa shape index (κ3) is 3.27. The largest absolute Gasteiger partial charge is 0.271 e. The number of hydrazine groups is 1. The van der Waals surface area contributed by atoms with Crippen molar-refractivity contribution >= 4 is 39.1 Å². The molecule has 100 valence electrons. The minimum Gasteiger partial charge on any atom is -0.271 e. The van der Waals surface area contributed by atoms with Crippen molar-refractivity contribution in [3.63, 3.8) is 0 Å². The fourth-order valence-corrected chi connectivity index (χ4v) is 2.63. The first-order valence-electron chi connectivity index (χ1n) is 5.39. The van der Waals surface area contributed by atoms with E-state index in [4.69, 9.17) is 29.0 Å². The molecule has 0 aliphatic heterocycles. The van der Waals surface area contributed by atoms with Gasteiger partial charge in [0.25, 0.3) is 0 Å². The van der Waals surface area contributed by atoms with Crippen molar-refractivity contribution in [1.29, 1.82) is 0 Å². The molecule has 0 aliphatic rings. The smallest absolute Gasteiger partial charge is 0.129 e. The number of nitrogens with one attached hydrogen (secondary N) is 1. The molecule has 2 aromatic carbocycles. The van der Waals surface area contributed by atoms with Crippen LogP contribution in [-0.4, -0.2) is 0 Å². The summed E-state index contributed by atoms with van der Waals surface area (Å²) in [5.74, 6) is 5.12. The highest BCUT2D eigenvalue weighted by atomic mass is 79.9. The first kappa shape index (κ1) is 14.8. The van der Waals surface area contributed by atoms with Crippen molar-refractivity contribution < 1.29 is 4.39 Å². The van der Waals surface area contributed by atoms with Crippen molar-refractivity contribution in [2.45, 2.75) is 6.04 Å². The molecule has 1 unspecified atom stereocenters. The summed E-state index contributed by atoms with van der Waals surface area (Å²) >= 11 is 15.1. The van der Waals surface area contributed by atoms with Crippen molar-refractivity contribution in [2.24, 2.45) is 5.84 Å². The van der Waals surface area contributed by atoms with Crippen LogP contribution in [0.4, 0.5) is 4.39 Å². The number of nitrogens with two attached hydrogens (primary N) is 1. The van der Waals surface area contributed by atoms with Crippen LogP contribution in [0.1, 0.15) is 17.2 Å². The third-order valence-electron chi connectivity index (χ3n) is 2.71. The average molecular weight is 364 g/mol. The highest BCUT2D eigenvalue weighted by molar-refractivity contribution is 9.10. The average Bonchev–Trinajstić information content (AvgIpc) is 2.36. The van der Waals surface area contributed by atoms with Gasteiger partial charge in [0.05, 0.1) is 6.04 Å². The Hall–Kier alpha value is -0.650. The molecule has 2 aromatic rings. The molecule has 0 aromatic heterocycles. The second kappa shape index (κ2) is 6.20. The van der Waals surface area contributed by atoms with Crippen LogP contribution in [0, 0.1) is 5.82 Å². The van der Waals surface area contributed by atoms with Gasteiger partial charge >= 0.3 is 0 Å². The standard InChI is InChI=1S/C13H10BrCl2FN2/c14-11-4-2-7(15)5-10(11)13(19-18)9-3-1-8(16)6-12(9)17/h1-6,13,19H,18H2. The van der Waals surface area contributed by atoms with Crippen LogP contribution >= 0.6 is 39.1 Å². The second-order valence-corrected chi connectivity index (χ2v) is 5.66. The molecule has 2 rings (SSSR count). The summed E-state index contributed by atoms with van der Waals surface area (Å²) in [4.78, 5) is 0. The minimum atomic E-state index is -0.523. The van der Waals surface area contributed by atoms with Gasteiger partial charge in [-0.15, -0.1) is 0 Å². The van der Waals surface area contributed by atoms with Crippen molar-refractivity contribution in [3.05, 3.63) is 67.9 Å². The summed E-state index contributed by atoms with van der Waals surface area (Å²) in [6, 6.07) is 9.18. The Morgan fingerprint density at radius 3 is 2.32 bits per heavy atom. The summed E-state index contributed by atoms with van der Waals surface area (Å²) in [5, 5.41) is 0.884. The van der Waals surface area contributed by atoms with Gasteiger partial charge in [-0.1, -0.05) is 45.2 Å². The zero-order chi connectivity index (χ0) is 14.0. The first-order chi connectivity index (χ1) is 9.02. The van der Waals surface area contributed by atoms with E-state index in [1.807, 2.05) is 0 Å². The zero-order valence-electron chi connectivity index (χ0n) is 9.63. The molecule has 3 N–H and O–H groups in total. The van der Waals surface area contributed by atoms with E-state index in [1.165, 1.54) is 6.07 Å². The lowest BCUT2D eigenvalue weighted by Crippen LogP contribution is -2.29. The van der Waals surface area contributed by atoms with Gasteiger partial charge in [0.1, 0.15) is 5.82 Å². The zero-order valence-corrected chi connectivity index (χ0v) is 12.7. The second-order valence-electron chi connectivity index (χ2n) is 3.93. The number of hydrogen-bond acceptors (Lipinski definition) is 2. The van der Waals surface area contributed by atoms with Crippen molar-refractivity contribution in [2.75, 3.05) is 0 Å². The lowest BCUT2D eigenvalue weighted by atomic mass is 9.99. The van der Waals surface area contributed by atoms with Gasteiger partial charge in [0, 0.05) is 20.1 Å². The van der Waals surface area contributed by atoms with Gasteiger partial charge < -0.3 is 0 Å². The van der Waals surface area contributed by atoms with E-state index in [-0.39, 0.29) is 0 Å². The van der Waals surface area contributed by atoms with Crippen molar-refractivity contribution in [3.8, 4) is 0 Å². The molecule has 19 heavy (non-hydrogen) atoms. The molecule has 0 aliphatic carbocycles. The molecule has 0 saturated carbocycles. The Morgan fingerprint density at radius 2 is 1.68 bits per heavy atom. The highest BCUT2D eigenvalue weighted by Gasteiger charge is 2.19. The monoisotopic (exact) mass is 362 g/mol. The molecule has 6 heteroatoms. The summed E-state index contributed by atoms with van der Waals surface area (Å²) < 4.78 is 14.8. The van der Waals surface area contributed by atoms with Gasteiger partial charge in [-0.2, -0.15) is 0 Å². The Balaban J connectivity index is 2.52. The van der Waals surface area contributed by atoms with Crippen LogP contribution in [-0.2, 0) is 0 Å². The molecular formula is C13H10BrCl2FN2. The predicted octanol–water partition coefficient (Wildman–Crippen LogP) is 4.45. The molecule has 0 amide bonds. The Morgan fingerprint density at radius 1 is 1.05 bits per heavy atom. The third-order valence-corrected chi connectivity index (χ3v) is 3.90. The van der Waals surface area contributed by atoms with E-state index in [1.54, 1.807) is 30.3 Å². The van der Waals surface area contributed by atoms with E-state index < -0.39 is 11.9 Å². The normalized spacial score (nSPS) is 12.5. The molecule has 0 bridgehead atoms. The minimum absolute atomic E-state index is 0.335. The van der Waals surface area contributed by atoms with Crippen LogP contribution in [0.2, 0.25) is 10.0 Å². The summed E-state index contributed by atoms with van der Waals surface area (Å²) in [5.41, 5.74) is 3.74. The number of rotatable bonds is 3. The summed E-state index contributed by atoms with van der Waals surface area (Å²) in [6.07, 6.45) is 0. The molecule has 0 spiro atoms. The fraction of sp³-hybridized carbons (Fsp3) is 0.0769. The summed E-state index contributed by atoms with van der Waals surface area (Å²) in [7, 11) is 0. The molecule has 0 heterocycles. The fourth-order valence-electron chi connectivity index (χ4n) is 1.82. The van der Waals surface area contributed by atoms with Gasteiger partial charge in [-0.25, -0.2) is 9.82 Å². The maximum absolute atomic E-state index is 14.0. The van der Waals surface area contributed by atoms with Crippen LogP contribution in [0.3, 0.4) is 0 Å².